The number of nitrogens with two attached hydrogens (primary N) is 1. The molecule has 0 radical (unpaired) electrons. The Hall–Kier alpha value is -4.04. The van der Waals surface area contributed by atoms with E-state index in [0.717, 1.165) is 12.6 Å². The second-order valence-electron chi connectivity index (χ2n) is 7.57. The first-order valence-electron chi connectivity index (χ1n) is 11.1. The molecule has 2 aromatic carbocycles. The Morgan fingerprint density at radius 1 is 1.03 bits per heavy atom. The van der Waals surface area contributed by atoms with Gasteiger partial charge in [0, 0.05) is 28.9 Å². The van der Waals surface area contributed by atoms with Crippen molar-refractivity contribution in [3.8, 4) is 0 Å². The van der Waals surface area contributed by atoms with E-state index in [4.69, 9.17) is 10.5 Å². The first-order chi connectivity index (χ1) is 16.6. The number of hydrogen-bond acceptors (Lipinski definition) is 7. The molecule has 0 aliphatic heterocycles. The van der Waals surface area contributed by atoms with Gasteiger partial charge >= 0.3 is 5.97 Å². The van der Waals surface area contributed by atoms with Gasteiger partial charge in [0.05, 0.1) is 16.8 Å². The second kappa shape index (κ2) is 13.6. The fraction of sp³-hybridized carbons (Fsp3) is 0.259. The summed E-state index contributed by atoms with van der Waals surface area (Å²) in [5, 5.41) is 2.54. The van der Waals surface area contributed by atoms with Crippen LogP contribution in [0.25, 0.3) is 0 Å². The fourth-order valence-corrected chi connectivity index (χ4v) is 2.98. The molecule has 0 saturated carbocycles. The maximum Gasteiger partial charge on any atom is 0.333 e. The number of carbonyl (C=O) groups excluding carboxylic acids is 4. The van der Waals surface area contributed by atoms with Gasteiger partial charge in [-0.25, -0.2) is 4.79 Å². The molecule has 3 rings (SSSR count). The predicted octanol–water partition coefficient (Wildman–Crippen LogP) is 3.86. The number of nitrogens with zero attached hydrogens (tertiary/aromatic N) is 1. The number of fused-ring (bicyclic) bond motifs is 2. The number of nitrogens with one attached hydrogen (secondary N) is 1. The molecule has 3 N–H and O–H groups in total. The number of nitrogen functional groups attached to an aromatic ring is 1. The summed E-state index contributed by atoms with van der Waals surface area (Å²) in [6, 6.07) is 9.55. The Bertz CT molecular complexity index is 1140. The minimum Gasteiger partial charge on any atom is -0.461 e. The van der Waals surface area contributed by atoms with Crippen LogP contribution in [-0.2, 0) is 14.3 Å². The zero-order chi connectivity index (χ0) is 26.7. The van der Waals surface area contributed by atoms with Gasteiger partial charge in [0.25, 0.3) is 0 Å². The summed E-state index contributed by atoms with van der Waals surface area (Å²) >= 11 is 0. The average Bonchev–Trinajstić information content (AvgIpc) is 2.84. The molecule has 0 heterocycles. The van der Waals surface area contributed by atoms with Crippen LogP contribution >= 0.6 is 0 Å². The first kappa shape index (κ1) is 29.0. The molecule has 2 aromatic rings. The Kier molecular flexibility index (Phi) is 11.3. The standard InChI is InChI=1S/C17H12N2O3.C8H15NO2.C2H6/c1-2-13(20)19-12-8-7-11(18)14-15(12)17(22)10-6-4-3-5-9(10)16(14)21;1-7(2)8(10)11-6-5-9(3)4;1-2/h2-8H,1,18H2,(H,19,20);1,5-6H2,2-4H3;1-2H3. The summed E-state index contributed by atoms with van der Waals surface area (Å²) in [7, 11) is 3.85. The van der Waals surface area contributed by atoms with E-state index in [2.05, 4.69) is 18.5 Å². The van der Waals surface area contributed by atoms with Crippen molar-refractivity contribution in [1.29, 1.82) is 0 Å². The van der Waals surface area contributed by atoms with Crippen LogP contribution in [0.3, 0.4) is 0 Å². The topological polar surface area (TPSA) is 119 Å². The Morgan fingerprint density at radius 3 is 2.06 bits per heavy atom. The van der Waals surface area contributed by atoms with E-state index in [-0.39, 0.29) is 40.0 Å². The van der Waals surface area contributed by atoms with Gasteiger partial charge < -0.3 is 20.7 Å². The molecule has 0 spiro atoms. The first-order valence-corrected chi connectivity index (χ1v) is 11.1. The Morgan fingerprint density at radius 2 is 1.57 bits per heavy atom. The summed E-state index contributed by atoms with van der Waals surface area (Å²) in [5.41, 5.74) is 7.66. The molecule has 8 heteroatoms. The average molecular weight is 480 g/mol. The van der Waals surface area contributed by atoms with Crippen molar-refractivity contribution in [3.05, 3.63) is 83.5 Å². The van der Waals surface area contributed by atoms with E-state index in [9.17, 15) is 19.2 Å². The van der Waals surface area contributed by atoms with Crippen LogP contribution in [0.2, 0.25) is 0 Å². The number of likely N-dealkylation sites (N-methyl/N-ethyl adjacent to an activating group) is 1. The van der Waals surface area contributed by atoms with E-state index in [1.54, 1.807) is 31.2 Å². The van der Waals surface area contributed by atoms with Crippen molar-refractivity contribution < 1.29 is 23.9 Å². The highest BCUT2D eigenvalue weighted by atomic mass is 16.5. The molecule has 8 nitrogen and oxygen atoms in total. The lowest BCUT2D eigenvalue weighted by molar-refractivity contribution is -0.139. The predicted molar refractivity (Wildman–Crippen MR) is 139 cm³/mol. The molecular weight excluding hydrogens is 446 g/mol. The smallest absolute Gasteiger partial charge is 0.333 e. The molecule has 0 atom stereocenters. The maximum atomic E-state index is 12.7. The van der Waals surface area contributed by atoms with Crippen molar-refractivity contribution >= 4 is 34.8 Å². The van der Waals surface area contributed by atoms with Crippen LogP contribution in [0.15, 0.2) is 61.2 Å². The SMILES string of the molecule is C=C(C)C(=O)OCCN(C)C.C=CC(=O)Nc1ccc(N)c2c1C(=O)c1ccccc1C2=O.CC. The number of ketones is 2. The number of anilines is 2. The van der Waals surface area contributed by atoms with Crippen LogP contribution in [0.1, 0.15) is 52.6 Å². The van der Waals surface area contributed by atoms with Gasteiger partial charge in [-0.15, -0.1) is 0 Å². The minimum atomic E-state index is -0.467. The largest absolute Gasteiger partial charge is 0.461 e. The van der Waals surface area contributed by atoms with Crippen molar-refractivity contribution in [2.45, 2.75) is 20.8 Å². The molecule has 1 aliphatic rings. The minimum absolute atomic E-state index is 0.124. The number of benzene rings is 2. The molecule has 0 saturated heterocycles. The lowest BCUT2D eigenvalue weighted by Gasteiger charge is -2.21. The van der Waals surface area contributed by atoms with Crippen LogP contribution in [0.5, 0.6) is 0 Å². The zero-order valence-electron chi connectivity index (χ0n) is 20.9. The maximum absolute atomic E-state index is 12.7. The summed E-state index contributed by atoms with van der Waals surface area (Å²) in [6.07, 6.45) is 1.09. The second-order valence-corrected chi connectivity index (χ2v) is 7.57. The van der Waals surface area contributed by atoms with Gasteiger partial charge in [-0.1, -0.05) is 51.3 Å². The Labute approximate surface area is 206 Å². The molecule has 35 heavy (non-hydrogen) atoms. The fourth-order valence-electron chi connectivity index (χ4n) is 2.98. The molecule has 1 aliphatic carbocycles. The van der Waals surface area contributed by atoms with E-state index in [1.807, 2.05) is 32.8 Å². The Balaban J connectivity index is 0.000000401. The number of hydrogen-bond donors (Lipinski definition) is 2. The van der Waals surface area contributed by atoms with Crippen molar-refractivity contribution in [2.75, 3.05) is 38.3 Å². The van der Waals surface area contributed by atoms with Gasteiger partial charge in [-0.05, 0) is 39.2 Å². The highest BCUT2D eigenvalue weighted by Crippen LogP contribution is 2.35. The van der Waals surface area contributed by atoms with Crippen LogP contribution in [-0.4, -0.2) is 55.6 Å². The normalized spacial score (nSPS) is 11.0. The summed E-state index contributed by atoms with van der Waals surface area (Å²) < 4.78 is 4.83. The monoisotopic (exact) mass is 479 g/mol. The zero-order valence-corrected chi connectivity index (χ0v) is 20.9. The lowest BCUT2D eigenvalue weighted by atomic mass is 9.82. The van der Waals surface area contributed by atoms with E-state index in [1.165, 1.54) is 12.1 Å². The van der Waals surface area contributed by atoms with E-state index in [0.29, 0.717) is 23.3 Å². The molecule has 1 amide bonds. The van der Waals surface area contributed by atoms with Crippen molar-refractivity contribution in [2.24, 2.45) is 0 Å². The van der Waals surface area contributed by atoms with E-state index >= 15 is 0 Å². The van der Waals surface area contributed by atoms with Gasteiger partial charge in [0.2, 0.25) is 5.91 Å². The third kappa shape index (κ3) is 7.48. The molecule has 0 aromatic heterocycles. The highest BCUT2D eigenvalue weighted by molar-refractivity contribution is 6.32. The van der Waals surface area contributed by atoms with Crippen molar-refractivity contribution in [1.82, 2.24) is 4.90 Å². The molecular formula is C27H33N3O5. The third-order valence-electron chi connectivity index (χ3n) is 4.67. The molecule has 0 fully saturated rings. The quantitative estimate of drug-likeness (QED) is 0.313. The lowest BCUT2D eigenvalue weighted by Crippen LogP contribution is -2.24. The third-order valence-corrected chi connectivity index (χ3v) is 4.67. The van der Waals surface area contributed by atoms with Gasteiger partial charge in [-0.3, -0.25) is 14.4 Å². The van der Waals surface area contributed by atoms with Gasteiger partial charge in [-0.2, -0.15) is 0 Å². The van der Waals surface area contributed by atoms with Gasteiger partial charge in [0.15, 0.2) is 11.6 Å². The number of carbonyl (C=O) groups is 4. The van der Waals surface area contributed by atoms with Crippen LogP contribution < -0.4 is 11.1 Å². The number of rotatable bonds is 6. The van der Waals surface area contributed by atoms with Crippen LogP contribution in [0.4, 0.5) is 11.4 Å². The summed E-state index contributed by atoms with van der Waals surface area (Å²) in [6.45, 7) is 13.6. The van der Waals surface area contributed by atoms with E-state index < -0.39 is 5.91 Å². The molecule has 0 unspecified atom stereocenters. The molecule has 0 bridgehead atoms. The summed E-state index contributed by atoms with van der Waals surface area (Å²) in [4.78, 5) is 49.6. The van der Waals surface area contributed by atoms with Crippen LogP contribution in [0, 0.1) is 0 Å². The number of esters is 1. The van der Waals surface area contributed by atoms with Gasteiger partial charge in [0.1, 0.15) is 6.61 Å². The number of amides is 1. The highest BCUT2D eigenvalue weighted by Gasteiger charge is 2.33. The number of ether oxygens (including phenoxy) is 1. The molecule has 186 valence electrons. The van der Waals surface area contributed by atoms with Crippen molar-refractivity contribution in [3.63, 3.8) is 0 Å². The summed E-state index contributed by atoms with van der Waals surface area (Å²) in [5.74, 6) is -1.44.